The van der Waals surface area contributed by atoms with E-state index in [-0.39, 0.29) is 11.6 Å². The number of carbonyl (C=O) groups excluding carboxylic acids is 1. The van der Waals surface area contributed by atoms with Crippen LogP contribution in [0.15, 0.2) is 29.1 Å². The van der Waals surface area contributed by atoms with Gasteiger partial charge in [0.15, 0.2) is 0 Å². The van der Waals surface area contributed by atoms with Gasteiger partial charge in [-0.25, -0.2) is 4.79 Å². The molecular weight excluding hydrogens is 328 g/mol. The molecule has 1 aromatic carbocycles. The van der Waals surface area contributed by atoms with Crippen molar-refractivity contribution in [2.24, 2.45) is 0 Å². The van der Waals surface area contributed by atoms with Gasteiger partial charge in [0.05, 0.1) is 0 Å². The second-order valence-corrected chi connectivity index (χ2v) is 7.08. The summed E-state index contributed by atoms with van der Waals surface area (Å²) in [6, 6.07) is 8.80. The highest BCUT2D eigenvalue weighted by atomic mass is 16.1. The van der Waals surface area contributed by atoms with E-state index in [0.717, 1.165) is 24.2 Å². The highest BCUT2D eigenvalue weighted by molar-refractivity contribution is 5.76. The monoisotopic (exact) mass is 354 g/mol. The maximum absolute atomic E-state index is 12.3. The molecule has 0 saturated heterocycles. The molecule has 2 heterocycles. The van der Waals surface area contributed by atoms with E-state index in [1.807, 2.05) is 13.8 Å². The first kappa shape index (κ1) is 18.3. The lowest BCUT2D eigenvalue weighted by molar-refractivity contribution is -0.121. The predicted octanol–water partition coefficient (Wildman–Crippen LogP) is 1.49. The van der Waals surface area contributed by atoms with Crippen LogP contribution >= 0.6 is 0 Å². The third-order valence-corrected chi connectivity index (χ3v) is 5.21. The van der Waals surface area contributed by atoms with Gasteiger partial charge in [0.2, 0.25) is 5.91 Å². The van der Waals surface area contributed by atoms with Crippen molar-refractivity contribution in [2.45, 2.75) is 45.7 Å². The summed E-state index contributed by atoms with van der Waals surface area (Å²) in [4.78, 5) is 32.5. The first-order valence-corrected chi connectivity index (χ1v) is 9.04. The number of carbonyl (C=O) groups is 1. The highest BCUT2D eigenvalue weighted by Gasteiger charge is 2.23. The highest BCUT2D eigenvalue weighted by Crippen LogP contribution is 2.21. The standard InChI is InChI=1S/C20H26N4O2/c1-13-18(14(2)23-20(26)22-13)8-9-19(25)21-11-17-10-15-6-4-5-7-16(15)12-24(17)3/h4-7,17H,8-12H2,1-3H3,(H,21,25)(H,22,23,26)/t17-/m0/s1. The zero-order valence-corrected chi connectivity index (χ0v) is 15.6. The van der Waals surface area contributed by atoms with Crippen molar-refractivity contribution in [2.75, 3.05) is 13.6 Å². The van der Waals surface area contributed by atoms with Gasteiger partial charge >= 0.3 is 5.69 Å². The molecule has 1 aliphatic heterocycles. The number of amides is 1. The SMILES string of the molecule is Cc1nc(=O)[nH]c(C)c1CCC(=O)NC[C@@H]1Cc2ccccc2CN1C. The average molecular weight is 354 g/mol. The zero-order chi connectivity index (χ0) is 18.7. The minimum Gasteiger partial charge on any atom is -0.355 e. The lowest BCUT2D eigenvalue weighted by Gasteiger charge is -2.34. The molecule has 0 saturated carbocycles. The minimum absolute atomic E-state index is 0.0299. The largest absolute Gasteiger partial charge is 0.355 e. The van der Waals surface area contributed by atoms with Gasteiger partial charge in [0.25, 0.3) is 0 Å². The van der Waals surface area contributed by atoms with Crippen LogP contribution in [0.3, 0.4) is 0 Å². The Morgan fingerprint density at radius 3 is 2.77 bits per heavy atom. The second-order valence-electron chi connectivity index (χ2n) is 7.08. The number of aromatic nitrogens is 2. The summed E-state index contributed by atoms with van der Waals surface area (Å²) in [6.45, 7) is 5.21. The van der Waals surface area contributed by atoms with Crippen LogP contribution in [0.4, 0.5) is 0 Å². The van der Waals surface area contributed by atoms with Gasteiger partial charge in [-0.15, -0.1) is 0 Å². The van der Waals surface area contributed by atoms with Crippen LogP contribution in [0.2, 0.25) is 0 Å². The lowest BCUT2D eigenvalue weighted by Crippen LogP contribution is -2.45. The van der Waals surface area contributed by atoms with Crippen molar-refractivity contribution in [1.82, 2.24) is 20.2 Å². The van der Waals surface area contributed by atoms with E-state index in [2.05, 4.69) is 51.5 Å². The number of aromatic amines is 1. The Morgan fingerprint density at radius 1 is 1.31 bits per heavy atom. The van der Waals surface area contributed by atoms with Crippen LogP contribution < -0.4 is 11.0 Å². The van der Waals surface area contributed by atoms with Crippen LogP contribution in [0.1, 0.15) is 34.5 Å². The molecule has 1 aromatic heterocycles. The molecule has 138 valence electrons. The predicted molar refractivity (Wildman–Crippen MR) is 101 cm³/mol. The zero-order valence-electron chi connectivity index (χ0n) is 15.6. The van der Waals surface area contributed by atoms with Gasteiger partial charge in [0, 0.05) is 36.9 Å². The molecule has 3 rings (SSSR count). The number of hydrogen-bond donors (Lipinski definition) is 2. The summed E-state index contributed by atoms with van der Waals surface area (Å²) in [5.74, 6) is 0.0299. The van der Waals surface area contributed by atoms with E-state index in [9.17, 15) is 9.59 Å². The number of fused-ring (bicyclic) bond motifs is 1. The molecule has 0 unspecified atom stereocenters. The van der Waals surface area contributed by atoms with Crippen molar-refractivity contribution < 1.29 is 4.79 Å². The molecule has 0 bridgehead atoms. The van der Waals surface area contributed by atoms with Gasteiger partial charge in [0.1, 0.15) is 0 Å². The molecule has 2 aromatic rings. The number of H-pyrrole nitrogens is 1. The number of rotatable bonds is 5. The summed E-state index contributed by atoms with van der Waals surface area (Å²) in [5, 5.41) is 3.06. The molecule has 0 fully saturated rings. The Morgan fingerprint density at radius 2 is 2.04 bits per heavy atom. The van der Waals surface area contributed by atoms with Crippen LogP contribution in [0, 0.1) is 13.8 Å². The van der Waals surface area contributed by atoms with Gasteiger partial charge in [-0.2, -0.15) is 4.98 Å². The van der Waals surface area contributed by atoms with Crippen LogP contribution in [-0.4, -0.2) is 40.4 Å². The minimum atomic E-state index is -0.339. The molecule has 0 radical (unpaired) electrons. The number of nitrogens with one attached hydrogen (secondary N) is 2. The van der Waals surface area contributed by atoms with E-state index in [4.69, 9.17) is 0 Å². The van der Waals surface area contributed by atoms with Crippen molar-refractivity contribution in [3.05, 3.63) is 62.8 Å². The van der Waals surface area contributed by atoms with Crippen LogP contribution in [0.25, 0.3) is 0 Å². The fraction of sp³-hybridized carbons (Fsp3) is 0.450. The topological polar surface area (TPSA) is 78.1 Å². The van der Waals surface area contributed by atoms with Crippen molar-refractivity contribution in [3.8, 4) is 0 Å². The Hall–Kier alpha value is -2.47. The molecule has 2 N–H and O–H groups in total. The Labute approximate surface area is 153 Å². The quantitative estimate of drug-likeness (QED) is 0.853. The molecule has 1 amide bonds. The van der Waals surface area contributed by atoms with E-state index in [0.29, 0.717) is 31.1 Å². The number of nitrogens with zero attached hydrogens (tertiary/aromatic N) is 2. The molecular formula is C20H26N4O2. The normalized spacial score (nSPS) is 17.0. The third-order valence-electron chi connectivity index (χ3n) is 5.21. The second kappa shape index (κ2) is 7.83. The molecule has 6 nitrogen and oxygen atoms in total. The first-order valence-electron chi connectivity index (χ1n) is 9.04. The van der Waals surface area contributed by atoms with Gasteiger partial charge in [-0.05, 0) is 50.4 Å². The number of benzene rings is 1. The summed E-state index contributed by atoms with van der Waals surface area (Å²) in [6.07, 6.45) is 1.92. The maximum Gasteiger partial charge on any atom is 0.345 e. The fourth-order valence-electron chi connectivity index (χ4n) is 3.63. The molecule has 26 heavy (non-hydrogen) atoms. The van der Waals surface area contributed by atoms with Gasteiger partial charge < -0.3 is 10.3 Å². The Bertz CT molecular complexity index is 833. The summed E-state index contributed by atoms with van der Waals surface area (Å²) in [7, 11) is 2.10. The Balaban J connectivity index is 1.53. The van der Waals surface area contributed by atoms with Crippen molar-refractivity contribution >= 4 is 5.91 Å². The molecule has 1 aliphatic rings. The molecule has 1 atom stereocenters. The average Bonchev–Trinajstić information content (AvgIpc) is 2.59. The summed E-state index contributed by atoms with van der Waals surface area (Å²) in [5.41, 5.74) is 4.84. The number of hydrogen-bond acceptors (Lipinski definition) is 4. The smallest absolute Gasteiger partial charge is 0.345 e. The number of aryl methyl sites for hydroxylation is 2. The van der Waals surface area contributed by atoms with E-state index in [1.165, 1.54) is 11.1 Å². The summed E-state index contributed by atoms with van der Waals surface area (Å²) < 4.78 is 0. The molecule has 6 heteroatoms. The van der Waals surface area contributed by atoms with Gasteiger partial charge in [-0.1, -0.05) is 24.3 Å². The molecule has 0 aliphatic carbocycles. The van der Waals surface area contributed by atoms with Crippen molar-refractivity contribution in [3.63, 3.8) is 0 Å². The van der Waals surface area contributed by atoms with Crippen LogP contribution in [-0.2, 0) is 24.2 Å². The Kier molecular flexibility index (Phi) is 5.52. The fourth-order valence-corrected chi connectivity index (χ4v) is 3.63. The maximum atomic E-state index is 12.3. The lowest BCUT2D eigenvalue weighted by atomic mass is 9.94. The van der Waals surface area contributed by atoms with E-state index >= 15 is 0 Å². The first-order chi connectivity index (χ1) is 12.4. The van der Waals surface area contributed by atoms with Crippen LogP contribution in [0.5, 0.6) is 0 Å². The third kappa shape index (κ3) is 4.19. The van der Waals surface area contributed by atoms with E-state index in [1.54, 1.807) is 0 Å². The van der Waals surface area contributed by atoms with Crippen molar-refractivity contribution in [1.29, 1.82) is 0 Å². The van der Waals surface area contributed by atoms with Gasteiger partial charge in [-0.3, -0.25) is 9.69 Å². The number of likely N-dealkylation sites (N-methyl/N-ethyl adjacent to an activating group) is 1. The summed E-state index contributed by atoms with van der Waals surface area (Å²) >= 11 is 0. The van der Waals surface area contributed by atoms with E-state index < -0.39 is 0 Å². The molecule has 0 spiro atoms.